The van der Waals surface area contributed by atoms with Gasteiger partial charge in [-0.2, -0.15) is 0 Å². The van der Waals surface area contributed by atoms with Gasteiger partial charge in [0.2, 0.25) is 11.7 Å². The van der Waals surface area contributed by atoms with Crippen molar-refractivity contribution in [3.63, 3.8) is 0 Å². The Bertz CT molecular complexity index is 467. The van der Waals surface area contributed by atoms with Crippen LogP contribution in [0.2, 0.25) is 0 Å². The first-order valence-electron chi connectivity index (χ1n) is 6.07. The van der Waals surface area contributed by atoms with E-state index in [9.17, 15) is 9.59 Å². The molecule has 1 unspecified atom stereocenters. The number of aromatic carboxylic acids is 1. The SMILES string of the molecule is CCC(C)(C)NC(=O)C(C)Sc1ccc(C(=O)O)o1. The summed E-state index contributed by atoms with van der Waals surface area (Å²) in [6, 6.07) is 2.94. The van der Waals surface area contributed by atoms with Crippen LogP contribution >= 0.6 is 11.8 Å². The molecule has 5 nitrogen and oxygen atoms in total. The third-order valence-corrected chi connectivity index (χ3v) is 3.82. The van der Waals surface area contributed by atoms with Crippen LogP contribution in [0, 0.1) is 0 Å². The van der Waals surface area contributed by atoms with Crippen molar-refractivity contribution in [1.29, 1.82) is 0 Å². The molecule has 6 heteroatoms. The summed E-state index contributed by atoms with van der Waals surface area (Å²) in [5.41, 5.74) is -0.249. The fourth-order valence-corrected chi connectivity index (χ4v) is 2.05. The van der Waals surface area contributed by atoms with Gasteiger partial charge in [-0.15, -0.1) is 0 Å². The van der Waals surface area contributed by atoms with Crippen molar-refractivity contribution in [2.24, 2.45) is 0 Å². The number of carboxylic acid groups (broad SMARTS) is 1. The number of furan rings is 1. The first-order valence-corrected chi connectivity index (χ1v) is 6.95. The zero-order valence-corrected chi connectivity index (χ0v) is 12.3. The smallest absolute Gasteiger partial charge is 0.371 e. The second-order valence-electron chi connectivity index (χ2n) is 4.91. The Labute approximate surface area is 116 Å². The van der Waals surface area contributed by atoms with Gasteiger partial charge in [-0.05, 0) is 39.3 Å². The van der Waals surface area contributed by atoms with Gasteiger partial charge in [0.15, 0.2) is 5.09 Å². The highest BCUT2D eigenvalue weighted by molar-refractivity contribution is 8.00. The number of amides is 1. The monoisotopic (exact) mass is 285 g/mol. The van der Waals surface area contributed by atoms with E-state index in [1.807, 2.05) is 20.8 Å². The number of carbonyl (C=O) groups excluding carboxylic acids is 1. The highest BCUT2D eigenvalue weighted by atomic mass is 32.2. The van der Waals surface area contributed by atoms with E-state index in [-0.39, 0.29) is 22.5 Å². The molecule has 0 fully saturated rings. The Morgan fingerprint density at radius 1 is 1.47 bits per heavy atom. The molecule has 0 bridgehead atoms. The number of hydrogen-bond donors (Lipinski definition) is 2. The minimum Gasteiger partial charge on any atom is -0.475 e. The van der Waals surface area contributed by atoms with Crippen molar-refractivity contribution < 1.29 is 19.1 Å². The molecule has 0 radical (unpaired) electrons. The maximum absolute atomic E-state index is 12.0. The lowest BCUT2D eigenvalue weighted by Crippen LogP contribution is -2.45. The molecule has 0 spiro atoms. The number of nitrogens with one attached hydrogen (secondary N) is 1. The van der Waals surface area contributed by atoms with Gasteiger partial charge in [-0.3, -0.25) is 4.79 Å². The predicted molar refractivity (Wildman–Crippen MR) is 73.5 cm³/mol. The van der Waals surface area contributed by atoms with E-state index >= 15 is 0 Å². The molecule has 1 heterocycles. The molecule has 1 rings (SSSR count). The van der Waals surface area contributed by atoms with Gasteiger partial charge in [-0.1, -0.05) is 18.7 Å². The molecule has 0 saturated heterocycles. The fourth-order valence-electron chi connectivity index (χ4n) is 1.25. The van der Waals surface area contributed by atoms with E-state index in [2.05, 4.69) is 5.32 Å². The summed E-state index contributed by atoms with van der Waals surface area (Å²) in [6.45, 7) is 7.67. The summed E-state index contributed by atoms with van der Waals surface area (Å²) in [5, 5.41) is 11.8. The molecule has 1 atom stereocenters. The highest BCUT2D eigenvalue weighted by Crippen LogP contribution is 2.26. The molecule has 0 aliphatic carbocycles. The number of carbonyl (C=O) groups is 2. The number of hydrogen-bond acceptors (Lipinski definition) is 4. The first kappa shape index (κ1) is 15.6. The van der Waals surface area contributed by atoms with Gasteiger partial charge in [0.25, 0.3) is 0 Å². The number of rotatable bonds is 6. The van der Waals surface area contributed by atoms with Crippen molar-refractivity contribution in [3.8, 4) is 0 Å². The van der Waals surface area contributed by atoms with E-state index in [4.69, 9.17) is 9.52 Å². The topological polar surface area (TPSA) is 79.5 Å². The largest absolute Gasteiger partial charge is 0.475 e. The van der Waals surface area contributed by atoms with Crippen LogP contribution in [0.4, 0.5) is 0 Å². The maximum Gasteiger partial charge on any atom is 0.371 e. The molecular weight excluding hydrogens is 266 g/mol. The zero-order valence-electron chi connectivity index (χ0n) is 11.5. The van der Waals surface area contributed by atoms with Gasteiger partial charge in [-0.25, -0.2) is 4.79 Å². The van der Waals surface area contributed by atoms with Crippen LogP contribution in [0.3, 0.4) is 0 Å². The van der Waals surface area contributed by atoms with Gasteiger partial charge in [0.05, 0.1) is 5.25 Å². The summed E-state index contributed by atoms with van der Waals surface area (Å²) in [7, 11) is 0. The van der Waals surface area contributed by atoms with E-state index < -0.39 is 5.97 Å². The number of carboxylic acids is 1. The van der Waals surface area contributed by atoms with Gasteiger partial charge < -0.3 is 14.8 Å². The third-order valence-electron chi connectivity index (χ3n) is 2.80. The minimum absolute atomic E-state index is 0.0925. The Morgan fingerprint density at radius 2 is 2.11 bits per heavy atom. The Balaban J connectivity index is 2.61. The molecule has 0 saturated carbocycles. The molecule has 1 aromatic heterocycles. The van der Waals surface area contributed by atoms with Gasteiger partial charge in [0.1, 0.15) is 0 Å². The molecule has 0 aliphatic heterocycles. The fraction of sp³-hybridized carbons (Fsp3) is 0.538. The summed E-state index contributed by atoms with van der Waals surface area (Å²) in [5.74, 6) is -1.33. The highest BCUT2D eigenvalue weighted by Gasteiger charge is 2.23. The van der Waals surface area contributed by atoms with Crippen molar-refractivity contribution in [2.45, 2.75) is 50.0 Å². The molecule has 1 amide bonds. The van der Waals surface area contributed by atoms with E-state index in [1.54, 1.807) is 13.0 Å². The van der Waals surface area contributed by atoms with Crippen LogP contribution in [-0.4, -0.2) is 27.8 Å². The van der Waals surface area contributed by atoms with Crippen LogP contribution < -0.4 is 5.32 Å². The third kappa shape index (κ3) is 4.63. The Hall–Kier alpha value is -1.43. The maximum atomic E-state index is 12.0. The molecule has 106 valence electrons. The summed E-state index contributed by atoms with van der Waals surface area (Å²) >= 11 is 1.20. The van der Waals surface area contributed by atoms with E-state index in [0.717, 1.165) is 6.42 Å². The van der Waals surface area contributed by atoms with Crippen molar-refractivity contribution >= 4 is 23.6 Å². The normalized spacial score (nSPS) is 13.1. The van der Waals surface area contributed by atoms with Crippen LogP contribution in [0.25, 0.3) is 0 Å². The zero-order chi connectivity index (χ0) is 14.6. The molecule has 1 aromatic rings. The quantitative estimate of drug-likeness (QED) is 0.786. The molecule has 0 aromatic carbocycles. The summed E-state index contributed by atoms with van der Waals surface area (Å²) in [4.78, 5) is 22.7. The molecule has 2 N–H and O–H groups in total. The van der Waals surface area contributed by atoms with Crippen molar-refractivity contribution in [3.05, 3.63) is 17.9 Å². The van der Waals surface area contributed by atoms with E-state index in [0.29, 0.717) is 5.09 Å². The Kier molecular flexibility index (Phi) is 5.05. The van der Waals surface area contributed by atoms with Crippen molar-refractivity contribution in [2.75, 3.05) is 0 Å². The summed E-state index contributed by atoms with van der Waals surface area (Å²) in [6.07, 6.45) is 0.833. The second-order valence-corrected chi connectivity index (χ2v) is 6.26. The van der Waals surface area contributed by atoms with Crippen LogP contribution in [0.15, 0.2) is 21.6 Å². The summed E-state index contributed by atoms with van der Waals surface area (Å²) < 4.78 is 5.11. The lowest BCUT2D eigenvalue weighted by atomic mass is 10.0. The van der Waals surface area contributed by atoms with E-state index in [1.165, 1.54) is 17.8 Å². The van der Waals surface area contributed by atoms with Crippen LogP contribution in [0.1, 0.15) is 44.7 Å². The number of thioether (sulfide) groups is 1. The minimum atomic E-state index is -1.11. The average molecular weight is 285 g/mol. The lowest BCUT2D eigenvalue weighted by Gasteiger charge is -2.26. The van der Waals surface area contributed by atoms with Crippen molar-refractivity contribution in [1.82, 2.24) is 5.32 Å². The standard InChI is InChI=1S/C13H19NO4S/c1-5-13(3,4)14-11(15)8(2)19-10-7-6-9(18-10)12(16)17/h6-8H,5H2,1-4H3,(H,14,15)(H,16,17). The second kappa shape index (κ2) is 6.14. The Morgan fingerprint density at radius 3 is 2.58 bits per heavy atom. The molecule has 19 heavy (non-hydrogen) atoms. The van der Waals surface area contributed by atoms with Crippen LogP contribution in [0.5, 0.6) is 0 Å². The average Bonchev–Trinajstić information content (AvgIpc) is 2.77. The lowest BCUT2D eigenvalue weighted by molar-refractivity contribution is -0.121. The molecule has 0 aliphatic rings. The predicted octanol–water partition coefficient (Wildman–Crippen LogP) is 2.76. The van der Waals surface area contributed by atoms with Crippen LogP contribution in [-0.2, 0) is 4.79 Å². The first-order chi connectivity index (χ1) is 8.75. The molecular formula is C13H19NO4S. The van der Waals surface area contributed by atoms with Gasteiger partial charge in [0, 0.05) is 5.54 Å². The van der Waals surface area contributed by atoms with Gasteiger partial charge >= 0.3 is 5.97 Å².